The van der Waals surface area contributed by atoms with Crippen LogP contribution in [0.4, 0.5) is 5.69 Å². The lowest BCUT2D eigenvalue weighted by molar-refractivity contribution is -0.122. The summed E-state index contributed by atoms with van der Waals surface area (Å²) < 4.78 is 26.7. The third-order valence-electron chi connectivity index (χ3n) is 4.94. The number of sulfonamides is 1. The van der Waals surface area contributed by atoms with E-state index in [2.05, 4.69) is 5.32 Å². The molecular formula is C18H27N3O4S. The topological polar surface area (TPSA) is 86.8 Å². The summed E-state index contributed by atoms with van der Waals surface area (Å²) in [7, 11) is -0.788. The fourth-order valence-electron chi connectivity index (χ4n) is 3.00. The van der Waals surface area contributed by atoms with Crippen molar-refractivity contribution in [1.82, 2.24) is 9.62 Å². The molecule has 144 valence electrons. The predicted octanol–water partition coefficient (Wildman–Crippen LogP) is 1.48. The van der Waals surface area contributed by atoms with Gasteiger partial charge in [0, 0.05) is 25.8 Å². The second kappa shape index (κ2) is 7.00. The zero-order valence-corrected chi connectivity index (χ0v) is 17.0. The Morgan fingerprint density at radius 2 is 1.96 bits per heavy atom. The SMILES string of the molecule is CCC(C)NC(=O)CN(C)S(=O)(=O)c1ccc2c(c1)C(C)(C)C(=O)N2C. The highest BCUT2D eigenvalue weighted by Gasteiger charge is 2.43. The van der Waals surface area contributed by atoms with Crippen LogP contribution >= 0.6 is 0 Å². The van der Waals surface area contributed by atoms with Crippen LogP contribution in [0.3, 0.4) is 0 Å². The maximum Gasteiger partial charge on any atom is 0.243 e. The number of likely N-dealkylation sites (N-methyl/N-ethyl adjacent to an activating group) is 2. The molecule has 0 aliphatic carbocycles. The van der Waals surface area contributed by atoms with E-state index >= 15 is 0 Å². The first-order chi connectivity index (χ1) is 11.9. The molecule has 8 heteroatoms. The molecule has 7 nitrogen and oxygen atoms in total. The van der Waals surface area contributed by atoms with Crippen molar-refractivity contribution >= 4 is 27.5 Å². The maximum absolute atomic E-state index is 12.8. The van der Waals surface area contributed by atoms with Crippen molar-refractivity contribution in [3.8, 4) is 0 Å². The minimum Gasteiger partial charge on any atom is -0.353 e. The lowest BCUT2D eigenvalue weighted by Gasteiger charge is -2.20. The Bertz CT molecular complexity index is 833. The van der Waals surface area contributed by atoms with E-state index in [0.29, 0.717) is 11.3 Å². The van der Waals surface area contributed by atoms with Gasteiger partial charge in [-0.25, -0.2) is 8.42 Å². The van der Waals surface area contributed by atoms with Crippen molar-refractivity contribution < 1.29 is 18.0 Å². The number of carbonyl (C=O) groups excluding carboxylic acids is 2. The van der Waals surface area contributed by atoms with Gasteiger partial charge in [-0.2, -0.15) is 4.31 Å². The highest BCUT2D eigenvalue weighted by Crippen LogP contribution is 2.41. The Morgan fingerprint density at radius 3 is 2.54 bits per heavy atom. The molecule has 1 N–H and O–H groups in total. The van der Waals surface area contributed by atoms with Crippen molar-refractivity contribution in [1.29, 1.82) is 0 Å². The molecule has 0 saturated carbocycles. The van der Waals surface area contributed by atoms with E-state index in [-0.39, 0.29) is 29.3 Å². The molecule has 0 aromatic heterocycles. The summed E-state index contributed by atoms with van der Waals surface area (Å²) in [4.78, 5) is 26.0. The van der Waals surface area contributed by atoms with E-state index in [1.54, 1.807) is 27.0 Å². The van der Waals surface area contributed by atoms with Crippen molar-refractivity contribution in [3.05, 3.63) is 23.8 Å². The Morgan fingerprint density at radius 1 is 1.35 bits per heavy atom. The van der Waals surface area contributed by atoms with Gasteiger partial charge in [0.1, 0.15) is 0 Å². The second-order valence-corrected chi connectivity index (χ2v) is 9.35. The van der Waals surface area contributed by atoms with Crippen LogP contribution in [-0.2, 0) is 25.0 Å². The number of carbonyl (C=O) groups is 2. The molecule has 2 rings (SSSR count). The first kappa shape index (κ1) is 20.4. The average Bonchev–Trinajstić information content (AvgIpc) is 2.75. The largest absolute Gasteiger partial charge is 0.353 e. The first-order valence-electron chi connectivity index (χ1n) is 8.61. The summed E-state index contributed by atoms with van der Waals surface area (Å²) in [5.41, 5.74) is 0.585. The van der Waals surface area contributed by atoms with Crippen LogP contribution in [0.1, 0.15) is 39.7 Å². The Hall–Kier alpha value is -1.93. The van der Waals surface area contributed by atoms with Crippen molar-refractivity contribution in [2.45, 2.75) is 50.5 Å². The third-order valence-corrected chi connectivity index (χ3v) is 6.74. The maximum atomic E-state index is 12.8. The Kier molecular flexibility index (Phi) is 5.49. The van der Waals surface area contributed by atoms with Crippen LogP contribution in [0.15, 0.2) is 23.1 Å². The fraction of sp³-hybridized carbons (Fsp3) is 0.556. The lowest BCUT2D eigenvalue weighted by Crippen LogP contribution is -2.41. The third kappa shape index (κ3) is 3.48. The quantitative estimate of drug-likeness (QED) is 0.809. The molecule has 1 aromatic rings. The molecule has 2 amide bonds. The molecular weight excluding hydrogens is 354 g/mol. The molecule has 1 aliphatic rings. The summed E-state index contributed by atoms with van der Waals surface area (Å²) in [6.45, 7) is 7.10. The number of nitrogens with one attached hydrogen (secondary N) is 1. The number of amides is 2. The standard InChI is InChI=1S/C18H27N3O4S/c1-7-12(2)19-16(22)11-20(5)26(24,25)13-8-9-15-14(10-13)18(3,4)17(23)21(15)6/h8-10,12H,7,11H2,1-6H3,(H,19,22). The van der Waals surface area contributed by atoms with Crippen LogP contribution in [0.2, 0.25) is 0 Å². The molecule has 0 radical (unpaired) electrons. The van der Waals surface area contributed by atoms with E-state index < -0.39 is 15.4 Å². The van der Waals surface area contributed by atoms with E-state index in [4.69, 9.17) is 0 Å². The van der Waals surface area contributed by atoms with Gasteiger partial charge >= 0.3 is 0 Å². The minimum absolute atomic E-state index is 0.0130. The smallest absolute Gasteiger partial charge is 0.243 e. The fourth-order valence-corrected chi connectivity index (χ4v) is 4.16. The number of nitrogens with zero attached hydrogens (tertiary/aromatic N) is 2. The Labute approximate surface area is 155 Å². The number of benzene rings is 1. The number of rotatable bonds is 6. The zero-order valence-electron chi connectivity index (χ0n) is 16.2. The first-order valence-corrected chi connectivity index (χ1v) is 10.0. The molecule has 1 aliphatic heterocycles. The normalized spacial score (nSPS) is 17.3. The molecule has 0 fully saturated rings. The van der Waals surface area contributed by atoms with Gasteiger partial charge in [0.15, 0.2) is 0 Å². The van der Waals surface area contributed by atoms with E-state index in [1.165, 1.54) is 24.1 Å². The van der Waals surface area contributed by atoms with Gasteiger partial charge in [-0.3, -0.25) is 9.59 Å². The van der Waals surface area contributed by atoms with Gasteiger partial charge in [-0.1, -0.05) is 6.92 Å². The van der Waals surface area contributed by atoms with Gasteiger partial charge in [-0.15, -0.1) is 0 Å². The van der Waals surface area contributed by atoms with Crippen LogP contribution in [-0.4, -0.2) is 51.2 Å². The molecule has 0 saturated heterocycles. The highest BCUT2D eigenvalue weighted by atomic mass is 32.2. The molecule has 26 heavy (non-hydrogen) atoms. The monoisotopic (exact) mass is 381 g/mol. The van der Waals surface area contributed by atoms with Crippen molar-refractivity contribution in [3.63, 3.8) is 0 Å². The van der Waals surface area contributed by atoms with E-state index in [9.17, 15) is 18.0 Å². The average molecular weight is 381 g/mol. The highest BCUT2D eigenvalue weighted by molar-refractivity contribution is 7.89. The molecule has 1 heterocycles. The van der Waals surface area contributed by atoms with Crippen LogP contribution < -0.4 is 10.2 Å². The summed E-state index contributed by atoms with van der Waals surface area (Å²) in [5, 5.41) is 2.75. The summed E-state index contributed by atoms with van der Waals surface area (Å²) in [5.74, 6) is -0.426. The molecule has 1 aromatic carbocycles. The number of hydrogen-bond donors (Lipinski definition) is 1. The summed E-state index contributed by atoms with van der Waals surface area (Å²) in [6, 6.07) is 4.64. The van der Waals surface area contributed by atoms with Crippen LogP contribution in [0, 0.1) is 0 Å². The van der Waals surface area contributed by atoms with Crippen LogP contribution in [0.5, 0.6) is 0 Å². The van der Waals surface area contributed by atoms with Gasteiger partial charge in [0.25, 0.3) is 0 Å². The minimum atomic E-state index is -3.84. The van der Waals surface area contributed by atoms with E-state index in [1.807, 2.05) is 13.8 Å². The van der Waals surface area contributed by atoms with Crippen molar-refractivity contribution in [2.24, 2.45) is 0 Å². The molecule has 0 bridgehead atoms. The number of fused-ring (bicyclic) bond motifs is 1. The van der Waals surface area contributed by atoms with Crippen molar-refractivity contribution in [2.75, 3.05) is 25.5 Å². The zero-order chi connectivity index (χ0) is 19.9. The summed E-state index contributed by atoms with van der Waals surface area (Å²) >= 11 is 0. The lowest BCUT2D eigenvalue weighted by atomic mass is 9.86. The molecule has 0 spiro atoms. The molecule has 1 unspecified atom stereocenters. The molecule has 1 atom stereocenters. The number of hydrogen-bond acceptors (Lipinski definition) is 4. The van der Waals surface area contributed by atoms with Gasteiger partial charge in [-0.05, 0) is 51.0 Å². The predicted molar refractivity (Wildman–Crippen MR) is 101 cm³/mol. The number of anilines is 1. The van der Waals surface area contributed by atoms with E-state index in [0.717, 1.165) is 10.7 Å². The second-order valence-electron chi connectivity index (χ2n) is 7.31. The van der Waals surface area contributed by atoms with Gasteiger partial charge in [0.2, 0.25) is 21.8 Å². The Balaban J connectivity index is 2.30. The van der Waals surface area contributed by atoms with Crippen LogP contribution in [0.25, 0.3) is 0 Å². The van der Waals surface area contributed by atoms with Gasteiger partial charge in [0.05, 0.1) is 16.9 Å². The summed E-state index contributed by atoms with van der Waals surface area (Å²) in [6.07, 6.45) is 0.768. The van der Waals surface area contributed by atoms with Gasteiger partial charge < -0.3 is 10.2 Å².